The largest absolute Gasteiger partial charge is 0.342 e. The fourth-order valence-corrected chi connectivity index (χ4v) is 6.51. The molecular formula is C47H50N2. The highest BCUT2D eigenvalue weighted by molar-refractivity contribution is 5.82. The monoisotopic (exact) mass is 642 g/mol. The summed E-state index contributed by atoms with van der Waals surface area (Å²) in [5.74, 6) is 0. The van der Waals surface area contributed by atoms with Crippen molar-refractivity contribution >= 4 is 28.3 Å². The highest BCUT2D eigenvalue weighted by Crippen LogP contribution is 2.41. The lowest BCUT2D eigenvalue weighted by Gasteiger charge is -2.32. The molecule has 0 N–H and O–H groups in total. The van der Waals surface area contributed by atoms with Gasteiger partial charge in [0.05, 0.1) is 0 Å². The zero-order valence-electron chi connectivity index (χ0n) is 29.8. The molecule has 0 amide bonds. The SMILES string of the molecule is C=CC(=C)N(CC)c1ccc(-c2ccc(N(c3ccc(C4=CCCC=C4)cc3)c3ccc(C/C=C\C)c(C(C)(C)C(=C)C=C)c3)cc2)cc1. The Morgan fingerprint density at radius 3 is 1.82 bits per heavy atom. The molecule has 1 aliphatic carbocycles. The Morgan fingerprint density at radius 2 is 1.31 bits per heavy atom. The Bertz CT molecular complexity index is 1890. The van der Waals surface area contributed by atoms with Crippen molar-refractivity contribution in [3.63, 3.8) is 0 Å². The molecule has 4 aromatic rings. The van der Waals surface area contributed by atoms with Crippen LogP contribution in [0.4, 0.5) is 22.7 Å². The first-order valence-corrected chi connectivity index (χ1v) is 17.3. The van der Waals surface area contributed by atoms with E-state index in [1.807, 2.05) is 6.08 Å². The van der Waals surface area contributed by atoms with Gasteiger partial charge in [0, 0.05) is 40.4 Å². The molecule has 0 atom stereocenters. The molecule has 0 saturated heterocycles. The zero-order valence-corrected chi connectivity index (χ0v) is 29.8. The number of hydrogen-bond donors (Lipinski definition) is 0. The van der Waals surface area contributed by atoms with Gasteiger partial charge in [-0.15, -0.1) is 0 Å². The van der Waals surface area contributed by atoms with Crippen molar-refractivity contribution in [1.82, 2.24) is 0 Å². The Kier molecular flexibility index (Phi) is 11.2. The lowest BCUT2D eigenvalue weighted by atomic mass is 9.75. The van der Waals surface area contributed by atoms with Crippen molar-refractivity contribution in [3.05, 3.63) is 188 Å². The van der Waals surface area contributed by atoms with Crippen LogP contribution in [0.3, 0.4) is 0 Å². The van der Waals surface area contributed by atoms with E-state index in [0.717, 1.165) is 65.4 Å². The fourth-order valence-electron chi connectivity index (χ4n) is 6.51. The Hall–Kier alpha value is -5.34. The van der Waals surface area contributed by atoms with Crippen molar-refractivity contribution < 1.29 is 0 Å². The predicted octanol–water partition coefficient (Wildman–Crippen LogP) is 13.2. The van der Waals surface area contributed by atoms with Crippen LogP contribution in [0.25, 0.3) is 16.7 Å². The summed E-state index contributed by atoms with van der Waals surface area (Å²) in [5, 5.41) is 0. The zero-order chi connectivity index (χ0) is 35.0. The van der Waals surface area contributed by atoms with Gasteiger partial charge in [-0.2, -0.15) is 0 Å². The normalized spacial score (nSPS) is 12.8. The van der Waals surface area contributed by atoms with Crippen LogP contribution < -0.4 is 9.80 Å². The Labute approximate surface area is 295 Å². The minimum atomic E-state index is -0.286. The van der Waals surface area contributed by atoms with E-state index in [-0.39, 0.29) is 5.41 Å². The second-order valence-corrected chi connectivity index (χ2v) is 13.0. The smallest absolute Gasteiger partial charge is 0.0464 e. The number of likely N-dealkylation sites (N-methyl/N-ethyl adjacent to an activating group) is 1. The molecule has 4 aromatic carbocycles. The van der Waals surface area contributed by atoms with Gasteiger partial charge in [0.15, 0.2) is 0 Å². The number of anilines is 4. The predicted molar refractivity (Wildman–Crippen MR) is 216 cm³/mol. The quantitative estimate of drug-likeness (QED) is 0.0997. The summed E-state index contributed by atoms with van der Waals surface area (Å²) in [6, 6.07) is 33.4. The molecule has 0 fully saturated rings. The average Bonchev–Trinajstić information content (AvgIpc) is 3.15. The first kappa shape index (κ1) is 35.0. The van der Waals surface area contributed by atoms with Crippen LogP contribution in [0.2, 0.25) is 0 Å². The molecule has 0 bridgehead atoms. The third kappa shape index (κ3) is 7.71. The molecule has 0 spiro atoms. The van der Waals surface area contributed by atoms with Crippen LogP contribution in [0.1, 0.15) is 57.2 Å². The van der Waals surface area contributed by atoms with Crippen LogP contribution in [-0.2, 0) is 11.8 Å². The van der Waals surface area contributed by atoms with E-state index in [1.54, 1.807) is 6.08 Å². The Balaban J connectivity index is 1.58. The van der Waals surface area contributed by atoms with E-state index in [2.05, 4.69) is 185 Å². The molecule has 0 aliphatic heterocycles. The molecule has 0 saturated carbocycles. The number of hydrogen-bond acceptors (Lipinski definition) is 2. The van der Waals surface area contributed by atoms with Crippen molar-refractivity contribution in [2.75, 3.05) is 16.3 Å². The summed E-state index contributed by atoms with van der Waals surface area (Å²) < 4.78 is 0. The van der Waals surface area contributed by atoms with Gasteiger partial charge in [-0.25, -0.2) is 0 Å². The van der Waals surface area contributed by atoms with E-state index in [0.29, 0.717) is 0 Å². The number of benzene rings is 4. The van der Waals surface area contributed by atoms with Crippen LogP contribution in [0.5, 0.6) is 0 Å². The molecule has 5 rings (SSSR count). The molecule has 2 nitrogen and oxygen atoms in total. The van der Waals surface area contributed by atoms with Crippen molar-refractivity contribution in [2.24, 2.45) is 0 Å². The average molecular weight is 643 g/mol. The summed E-state index contributed by atoms with van der Waals surface area (Å²) in [6.45, 7) is 26.0. The maximum absolute atomic E-state index is 4.39. The van der Waals surface area contributed by atoms with Gasteiger partial charge in [-0.05, 0) is 127 Å². The van der Waals surface area contributed by atoms with Gasteiger partial charge in [-0.3, -0.25) is 0 Å². The molecule has 0 aromatic heterocycles. The number of nitrogens with zero attached hydrogens (tertiary/aromatic N) is 2. The molecule has 0 unspecified atom stereocenters. The van der Waals surface area contributed by atoms with Gasteiger partial charge < -0.3 is 9.80 Å². The van der Waals surface area contributed by atoms with Crippen LogP contribution >= 0.6 is 0 Å². The molecular weight excluding hydrogens is 593 g/mol. The van der Waals surface area contributed by atoms with Crippen LogP contribution in [-0.4, -0.2) is 6.54 Å². The molecule has 2 heteroatoms. The van der Waals surface area contributed by atoms with Gasteiger partial charge in [0.25, 0.3) is 0 Å². The van der Waals surface area contributed by atoms with Gasteiger partial charge in [0.2, 0.25) is 0 Å². The standard InChI is InChI=1S/C47H50N2/c1-9-13-17-41-26-33-45(34-46(41)47(7,8)35(5)10-2)49(43-29-22-38(23-30-43)37-18-15-14-16-19-37)44-31-24-40(25-32-44)39-20-27-42(28-21-39)48(12-4)36(6)11-3/h9-11,13,15,18-34H,2-3,5-6,12,14,16-17H2,1,4,7-8H3/b13-9-. The number of allylic oxidation sites excluding steroid dienone is 9. The second kappa shape index (κ2) is 15.7. The van der Waals surface area contributed by atoms with E-state index < -0.39 is 0 Å². The maximum Gasteiger partial charge on any atom is 0.0464 e. The third-order valence-corrected chi connectivity index (χ3v) is 9.64. The van der Waals surface area contributed by atoms with Gasteiger partial charge >= 0.3 is 0 Å². The summed E-state index contributed by atoms with van der Waals surface area (Å²) in [6.07, 6.45) is 17.9. The summed E-state index contributed by atoms with van der Waals surface area (Å²) >= 11 is 0. The van der Waals surface area contributed by atoms with E-state index in [9.17, 15) is 0 Å². The topological polar surface area (TPSA) is 6.48 Å². The van der Waals surface area contributed by atoms with E-state index in [1.165, 1.54) is 27.8 Å². The number of rotatable bonds is 14. The van der Waals surface area contributed by atoms with E-state index >= 15 is 0 Å². The van der Waals surface area contributed by atoms with Crippen molar-refractivity contribution in [3.8, 4) is 11.1 Å². The first-order valence-electron chi connectivity index (χ1n) is 17.3. The van der Waals surface area contributed by atoms with Crippen molar-refractivity contribution in [2.45, 2.75) is 52.4 Å². The highest BCUT2D eigenvalue weighted by atomic mass is 15.1. The second-order valence-electron chi connectivity index (χ2n) is 13.0. The first-order chi connectivity index (χ1) is 23.7. The summed E-state index contributed by atoms with van der Waals surface area (Å²) in [5.41, 5.74) is 13.4. The molecule has 0 radical (unpaired) electrons. The summed E-state index contributed by atoms with van der Waals surface area (Å²) in [7, 11) is 0. The summed E-state index contributed by atoms with van der Waals surface area (Å²) in [4.78, 5) is 4.52. The molecule has 0 heterocycles. The minimum absolute atomic E-state index is 0.286. The maximum atomic E-state index is 4.39. The Morgan fingerprint density at radius 1 is 0.735 bits per heavy atom. The van der Waals surface area contributed by atoms with Gasteiger partial charge in [-0.1, -0.05) is 119 Å². The lowest BCUT2D eigenvalue weighted by Crippen LogP contribution is -2.22. The minimum Gasteiger partial charge on any atom is -0.342 e. The third-order valence-electron chi connectivity index (χ3n) is 9.64. The lowest BCUT2D eigenvalue weighted by molar-refractivity contribution is 0.635. The van der Waals surface area contributed by atoms with Crippen LogP contribution in [0, 0.1) is 0 Å². The van der Waals surface area contributed by atoms with Crippen LogP contribution in [0.15, 0.2) is 171 Å². The molecule has 248 valence electrons. The molecule has 49 heavy (non-hydrogen) atoms. The highest BCUT2D eigenvalue weighted by Gasteiger charge is 2.27. The van der Waals surface area contributed by atoms with Crippen molar-refractivity contribution in [1.29, 1.82) is 0 Å². The fraction of sp³-hybridized carbons (Fsp3) is 0.191. The van der Waals surface area contributed by atoms with Gasteiger partial charge in [0.1, 0.15) is 0 Å². The molecule has 1 aliphatic rings. The van der Waals surface area contributed by atoms with E-state index in [4.69, 9.17) is 0 Å².